The van der Waals surface area contributed by atoms with E-state index in [4.69, 9.17) is 5.73 Å². The summed E-state index contributed by atoms with van der Waals surface area (Å²) in [4.78, 5) is 1.28. The molecule has 74 valence electrons. The molecule has 4 heteroatoms. The maximum atomic E-state index is 6.13. The molecule has 1 unspecified atom stereocenters. The van der Waals surface area contributed by atoms with Crippen LogP contribution in [-0.4, -0.2) is 9.78 Å². The van der Waals surface area contributed by atoms with Crippen LogP contribution >= 0.6 is 11.3 Å². The lowest BCUT2D eigenvalue weighted by molar-refractivity contribution is 0.765. The third kappa shape index (κ3) is 1.58. The lowest BCUT2D eigenvalue weighted by Gasteiger charge is -2.08. The smallest absolute Gasteiger partial charge is 0.0593 e. The molecule has 0 spiro atoms. The fourth-order valence-corrected chi connectivity index (χ4v) is 2.25. The fourth-order valence-electron chi connectivity index (χ4n) is 1.50. The van der Waals surface area contributed by atoms with E-state index in [0.29, 0.717) is 0 Å². The average Bonchev–Trinajstić information content (AvgIpc) is 2.73. The summed E-state index contributed by atoms with van der Waals surface area (Å²) in [5.41, 5.74) is 8.39. The first-order chi connectivity index (χ1) is 6.68. The van der Waals surface area contributed by atoms with Gasteiger partial charge in [0, 0.05) is 23.7 Å². The maximum absolute atomic E-state index is 6.13. The van der Waals surface area contributed by atoms with Gasteiger partial charge in [-0.3, -0.25) is 4.68 Å². The number of nitrogens with two attached hydrogens (primary N) is 1. The monoisotopic (exact) mass is 207 g/mol. The van der Waals surface area contributed by atoms with E-state index in [9.17, 15) is 0 Å². The van der Waals surface area contributed by atoms with Gasteiger partial charge >= 0.3 is 0 Å². The van der Waals surface area contributed by atoms with Crippen molar-refractivity contribution in [2.45, 2.75) is 13.0 Å². The molecule has 0 fully saturated rings. The molecule has 2 heterocycles. The van der Waals surface area contributed by atoms with Crippen molar-refractivity contribution in [3.63, 3.8) is 0 Å². The Morgan fingerprint density at radius 3 is 2.86 bits per heavy atom. The molecule has 2 aromatic rings. The van der Waals surface area contributed by atoms with Crippen LogP contribution in [0.4, 0.5) is 0 Å². The van der Waals surface area contributed by atoms with Crippen LogP contribution in [0.3, 0.4) is 0 Å². The van der Waals surface area contributed by atoms with Crippen molar-refractivity contribution in [3.8, 4) is 0 Å². The number of hydrogen-bond donors (Lipinski definition) is 1. The second kappa shape index (κ2) is 3.55. The first kappa shape index (κ1) is 9.43. The van der Waals surface area contributed by atoms with Gasteiger partial charge in [-0.2, -0.15) is 5.10 Å². The van der Waals surface area contributed by atoms with Gasteiger partial charge in [-0.15, -0.1) is 11.3 Å². The molecular weight excluding hydrogens is 194 g/mol. The minimum Gasteiger partial charge on any atom is -0.320 e. The highest BCUT2D eigenvalue weighted by molar-refractivity contribution is 7.10. The van der Waals surface area contributed by atoms with Crippen LogP contribution in [-0.2, 0) is 7.05 Å². The Kier molecular flexibility index (Phi) is 2.39. The van der Waals surface area contributed by atoms with Gasteiger partial charge in [-0.05, 0) is 23.9 Å². The molecule has 1 atom stereocenters. The van der Waals surface area contributed by atoms with Crippen LogP contribution in [0.5, 0.6) is 0 Å². The number of thiophene rings is 1. The predicted octanol–water partition coefficient (Wildman–Crippen LogP) is 1.84. The highest BCUT2D eigenvalue weighted by atomic mass is 32.1. The van der Waals surface area contributed by atoms with Crippen molar-refractivity contribution in [2.75, 3.05) is 0 Å². The van der Waals surface area contributed by atoms with E-state index >= 15 is 0 Å². The number of aryl methyl sites for hydroxylation is 2. The molecule has 0 saturated heterocycles. The van der Waals surface area contributed by atoms with Gasteiger partial charge < -0.3 is 5.73 Å². The average molecular weight is 207 g/mol. The lowest BCUT2D eigenvalue weighted by Crippen LogP contribution is -2.11. The molecule has 2 N–H and O–H groups in total. The van der Waals surface area contributed by atoms with Crippen molar-refractivity contribution < 1.29 is 0 Å². The van der Waals surface area contributed by atoms with Gasteiger partial charge in [0.25, 0.3) is 0 Å². The topological polar surface area (TPSA) is 43.8 Å². The molecule has 0 aliphatic rings. The minimum atomic E-state index is -0.0463. The predicted molar refractivity (Wildman–Crippen MR) is 58.3 cm³/mol. The molecule has 0 saturated carbocycles. The summed E-state index contributed by atoms with van der Waals surface area (Å²) in [5.74, 6) is 0. The first-order valence-corrected chi connectivity index (χ1v) is 5.34. The van der Waals surface area contributed by atoms with Gasteiger partial charge in [-0.25, -0.2) is 0 Å². The van der Waals surface area contributed by atoms with Crippen LogP contribution in [0.2, 0.25) is 0 Å². The van der Waals surface area contributed by atoms with Crippen LogP contribution in [0.1, 0.15) is 22.0 Å². The quantitative estimate of drug-likeness (QED) is 0.816. The molecular formula is C10H13N3S. The molecule has 0 amide bonds. The zero-order valence-corrected chi connectivity index (χ0v) is 9.08. The highest BCUT2D eigenvalue weighted by Gasteiger charge is 2.13. The van der Waals surface area contributed by atoms with E-state index in [1.54, 1.807) is 16.0 Å². The molecule has 2 rings (SSSR count). The molecule has 0 aromatic carbocycles. The Bertz CT molecular complexity index is 430. The zero-order chi connectivity index (χ0) is 10.1. The standard InChI is InChI=1S/C10H13N3S/c1-7-9(3-4-14-7)10(11)8-5-12-13(2)6-8/h3-6,10H,11H2,1-2H3. The van der Waals surface area contributed by atoms with E-state index in [0.717, 1.165) is 5.56 Å². The van der Waals surface area contributed by atoms with Gasteiger partial charge in [0.05, 0.1) is 12.2 Å². The van der Waals surface area contributed by atoms with Gasteiger partial charge in [0.15, 0.2) is 0 Å². The Balaban J connectivity index is 2.33. The Morgan fingerprint density at radius 1 is 1.57 bits per heavy atom. The summed E-state index contributed by atoms with van der Waals surface area (Å²) in [5, 5.41) is 6.19. The van der Waals surface area contributed by atoms with E-state index in [-0.39, 0.29) is 6.04 Å². The summed E-state index contributed by atoms with van der Waals surface area (Å²) in [6, 6.07) is 2.03. The van der Waals surface area contributed by atoms with Crippen LogP contribution in [0.25, 0.3) is 0 Å². The number of aromatic nitrogens is 2. The molecule has 3 nitrogen and oxygen atoms in total. The van der Waals surface area contributed by atoms with Crippen molar-refractivity contribution in [1.29, 1.82) is 0 Å². The maximum Gasteiger partial charge on any atom is 0.0593 e. The lowest BCUT2D eigenvalue weighted by atomic mass is 10.0. The number of nitrogens with zero attached hydrogens (tertiary/aromatic N) is 2. The summed E-state index contributed by atoms with van der Waals surface area (Å²) < 4.78 is 1.77. The molecule has 14 heavy (non-hydrogen) atoms. The van der Waals surface area contributed by atoms with Crippen LogP contribution in [0.15, 0.2) is 23.8 Å². The summed E-state index contributed by atoms with van der Waals surface area (Å²) in [6.07, 6.45) is 3.78. The molecule has 0 aliphatic heterocycles. The van der Waals surface area contributed by atoms with Crippen LogP contribution in [0, 0.1) is 6.92 Å². The second-order valence-electron chi connectivity index (χ2n) is 3.36. The number of hydrogen-bond acceptors (Lipinski definition) is 3. The third-order valence-corrected chi connectivity index (χ3v) is 3.18. The van der Waals surface area contributed by atoms with Gasteiger partial charge in [0.1, 0.15) is 0 Å². The normalized spacial score (nSPS) is 13.1. The van der Waals surface area contributed by atoms with Crippen molar-refractivity contribution in [2.24, 2.45) is 12.8 Å². The minimum absolute atomic E-state index is 0.0463. The van der Waals surface area contributed by atoms with Crippen LogP contribution < -0.4 is 5.73 Å². The Morgan fingerprint density at radius 2 is 2.36 bits per heavy atom. The summed E-state index contributed by atoms with van der Waals surface area (Å²) in [6.45, 7) is 2.09. The summed E-state index contributed by atoms with van der Waals surface area (Å²) >= 11 is 1.73. The second-order valence-corrected chi connectivity index (χ2v) is 4.48. The highest BCUT2D eigenvalue weighted by Crippen LogP contribution is 2.25. The fraction of sp³-hybridized carbons (Fsp3) is 0.300. The van der Waals surface area contributed by atoms with Crippen molar-refractivity contribution in [3.05, 3.63) is 39.8 Å². The largest absolute Gasteiger partial charge is 0.320 e. The van der Waals surface area contributed by atoms with E-state index in [1.165, 1.54) is 10.4 Å². The molecule has 0 bridgehead atoms. The van der Waals surface area contributed by atoms with E-state index < -0.39 is 0 Å². The third-order valence-electron chi connectivity index (χ3n) is 2.32. The zero-order valence-electron chi connectivity index (χ0n) is 8.27. The summed E-state index contributed by atoms with van der Waals surface area (Å²) in [7, 11) is 1.90. The molecule has 2 aromatic heterocycles. The molecule has 0 aliphatic carbocycles. The van der Waals surface area contributed by atoms with Crippen molar-refractivity contribution in [1.82, 2.24) is 9.78 Å². The first-order valence-electron chi connectivity index (χ1n) is 4.46. The SMILES string of the molecule is Cc1sccc1C(N)c1cnn(C)c1. The van der Waals surface area contributed by atoms with Crippen molar-refractivity contribution >= 4 is 11.3 Å². The Labute approximate surface area is 87.2 Å². The van der Waals surface area contributed by atoms with E-state index in [2.05, 4.69) is 23.5 Å². The number of rotatable bonds is 2. The Hall–Kier alpha value is -1.13. The van der Waals surface area contributed by atoms with Gasteiger partial charge in [-0.1, -0.05) is 0 Å². The van der Waals surface area contributed by atoms with E-state index in [1.807, 2.05) is 19.4 Å². The molecule has 0 radical (unpaired) electrons. The van der Waals surface area contributed by atoms with Gasteiger partial charge in [0.2, 0.25) is 0 Å².